The van der Waals surface area contributed by atoms with Crippen molar-refractivity contribution in [2.45, 2.75) is 13.1 Å². The summed E-state index contributed by atoms with van der Waals surface area (Å²) in [6.07, 6.45) is 4.92. The molecule has 7 heteroatoms. The molecule has 6 nitrogen and oxygen atoms in total. The molecule has 0 fully saturated rings. The molecule has 120 valence electrons. The van der Waals surface area contributed by atoms with Crippen molar-refractivity contribution in [3.63, 3.8) is 0 Å². The number of aromatic nitrogens is 4. The van der Waals surface area contributed by atoms with Gasteiger partial charge in [-0.25, -0.2) is 14.4 Å². The molecule has 0 aliphatic rings. The van der Waals surface area contributed by atoms with E-state index in [2.05, 4.69) is 19.9 Å². The van der Waals surface area contributed by atoms with E-state index in [0.29, 0.717) is 18.6 Å². The molecule has 3 aromatic heterocycles. The molecular formula is C17H14FN5O. The van der Waals surface area contributed by atoms with Crippen molar-refractivity contribution < 1.29 is 8.81 Å². The van der Waals surface area contributed by atoms with Crippen LogP contribution in [0.25, 0.3) is 11.2 Å². The predicted molar refractivity (Wildman–Crippen MR) is 85.4 cm³/mol. The Labute approximate surface area is 136 Å². The van der Waals surface area contributed by atoms with Gasteiger partial charge < -0.3 is 14.0 Å². The smallest absolute Gasteiger partial charge is 0.177 e. The molecule has 0 saturated heterocycles. The maximum absolute atomic E-state index is 13.0. The number of benzene rings is 1. The molecule has 0 radical (unpaired) electrons. The minimum absolute atomic E-state index is 0.251. The first kappa shape index (κ1) is 14.4. The number of hydrogen-bond donors (Lipinski definition) is 1. The Morgan fingerprint density at radius 1 is 1.17 bits per heavy atom. The number of rotatable bonds is 4. The second kappa shape index (κ2) is 6.11. The molecule has 0 spiro atoms. The molecule has 0 bridgehead atoms. The standard InChI is InChI=1S/C17H14FN5O/c18-13-5-3-12(4-6-13)9-23-11-22-16(15-17(23)21-10-20-15)19-8-14-2-1-7-24-14/h1-7,10-11H,8-9H2,(H,20,21). The Morgan fingerprint density at radius 2 is 2.04 bits per heavy atom. The summed E-state index contributed by atoms with van der Waals surface area (Å²) in [5.74, 6) is 0.520. The largest absolute Gasteiger partial charge is 0.467 e. The zero-order chi connectivity index (χ0) is 16.4. The van der Waals surface area contributed by atoms with Crippen molar-refractivity contribution >= 4 is 11.2 Å². The molecule has 4 aromatic rings. The van der Waals surface area contributed by atoms with Gasteiger partial charge in [-0.1, -0.05) is 12.1 Å². The molecule has 0 aliphatic carbocycles. The Kier molecular flexibility index (Phi) is 3.66. The Bertz CT molecular complexity index is 1020. The number of aromatic amines is 1. The summed E-state index contributed by atoms with van der Waals surface area (Å²) in [5.41, 5.74) is 3.04. The summed E-state index contributed by atoms with van der Waals surface area (Å²) in [6, 6.07) is 10.1. The summed E-state index contributed by atoms with van der Waals surface area (Å²) >= 11 is 0. The average Bonchev–Trinajstić information content (AvgIpc) is 3.27. The monoisotopic (exact) mass is 323 g/mol. The number of furan rings is 1. The lowest BCUT2D eigenvalue weighted by molar-refractivity contribution is 0.510. The van der Waals surface area contributed by atoms with Crippen molar-refractivity contribution in [1.82, 2.24) is 19.5 Å². The van der Waals surface area contributed by atoms with E-state index in [0.717, 1.165) is 22.5 Å². The number of imidazole rings is 1. The van der Waals surface area contributed by atoms with E-state index in [1.807, 2.05) is 16.7 Å². The molecule has 24 heavy (non-hydrogen) atoms. The normalized spacial score (nSPS) is 12.1. The molecule has 4 rings (SSSR count). The van der Waals surface area contributed by atoms with Crippen LogP contribution < -0.4 is 5.49 Å². The first-order chi connectivity index (χ1) is 11.8. The van der Waals surface area contributed by atoms with Crippen LogP contribution in [0, 0.1) is 5.82 Å². The maximum Gasteiger partial charge on any atom is 0.177 e. The van der Waals surface area contributed by atoms with Gasteiger partial charge in [-0.15, -0.1) is 0 Å². The van der Waals surface area contributed by atoms with E-state index in [-0.39, 0.29) is 5.82 Å². The second-order valence-electron chi connectivity index (χ2n) is 5.32. The highest BCUT2D eigenvalue weighted by Crippen LogP contribution is 2.09. The summed E-state index contributed by atoms with van der Waals surface area (Å²) < 4.78 is 20.2. The molecular weight excluding hydrogens is 309 g/mol. The Morgan fingerprint density at radius 3 is 2.83 bits per heavy atom. The third-order valence-electron chi connectivity index (χ3n) is 3.67. The van der Waals surface area contributed by atoms with Crippen molar-refractivity contribution in [2.24, 2.45) is 4.99 Å². The van der Waals surface area contributed by atoms with Crippen LogP contribution in [0.4, 0.5) is 4.39 Å². The van der Waals surface area contributed by atoms with Gasteiger partial charge in [-0.2, -0.15) is 0 Å². The maximum atomic E-state index is 13.0. The van der Waals surface area contributed by atoms with E-state index in [1.165, 1.54) is 12.1 Å². The van der Waals surface area contributed by atoms with Crippen molar-refractivity contribution in [1.29, 1.82) is 0 Å². The zero-order valence-corrected chi connectivity index (χ0v) is 12.7. The molecule has 0 atom stereocenters. The van der Waals surface area contributed by atoms with Crippen LogP contribution in [0.1, 0.15) is 11.3 Å². The third kappa shape index (κ3) is 2.83. The Hall–Kier alpha value is -3.22. The van der Waals surface area contributed by atoms with E-state index in [1.54, 1.807) is 31.1 Å². The molecule has 0 unspecified atom stereocenters. The minimum Gasteiger partial charge on any atom is -0.467 e. The fraction of sp³-hybridized carbons (Fsp3) is 0.118. The van der Waals surface area contributed by atoms with Gasteiger partial charge in [0, 0.05) is 0 Å². The fourth-order valence-corrected chi connectivity index (χ4v) is 2.49. The summed E-state index contributed by atoms with van der Waals surface area (Å²) in [7, 11) is 0. The highest BCUT2D eigenvalue weighted by molar-refractivity contribution is 5.68. The van der Waals surface area contributed by atoms with Crippen LogP contribution in [-0.4, -0.2) is 19.5 Å². The van der Waals surface area contributed by atoms with Gasteiger partial charge in [-0.05, 0) is 29.8 Å². The van der Waals surface area contributed by atoms with E-state index in [9.17, 15) is 4.39 Å². The quantitative estimate of drug-likeness (QED) is 0.627. The SMILES string of the molecule is Fc1ccc(Cn2cnc(=NCc3ccco3)c3[nH]cnc32)cc1. The summed E-state index contributed by atoms with van der Waals surface area (Å²) in [4.78, 5) is 16.3. The van der Waals surface area contributed by atoms with Crippen LogP contribution in [-0.2, 0) is 13.1 Å². The van der Waals surface area contributed by atoms with Crippen molar-refractivity contribution in [2.75, 3.05) is 0 Å². The van der Waals surface area contributed by atoms with Gasteiger partial charge in [0.05, 0.1) is 32.0 Å². The average molecular weight is 323 g/mol. The van der Waals surface area contributed by atoms with E-state index < -0.39 is 0 Å². The molecule has 0 aliphatic heterocycles. The minimum atomic E-state index is -0.251. The van der Waals surface area contributed by atoms with Crippen molar-refractivity contribution in [3.05, 3.63) is 77.9 Å². The lowest BCUT2D eigenvalue weighted by atomic mass is 10.2. The van der Waals surface area contributed by atoms with Gasteiger partial charge >= 0.3 is 0 Å². The predicted octanol–water partition coefficient (Wildman–Crippen LogP) is 2.64. The van der Waals surface area contributed by atoms with Crippen molar-refractivity contribution in [3.8, 4) is 0 Å². The first-order valence-corrected chi connectivity index (χ1v) is 7.45. The van der Waals surface area contributed by atoms with Gasteiger partial charge in [-0.3, -0.25) is 4.99 Å². The molecule has 1 aromatic carbocycles. The van der Waals surface area contributed by atoms with Crippen LogP contribution >= 0.6 is 0 Å². The highest BCUT2D eigenvalue weighted by Gasteiger charge is 2.06. The third-order valence-corrected chi connectivity index (χ3v) is 3.67. The van der Waals surface area contributed by atoms with E-state index >= 15 is 0 Å². The highest BCUT2D eigenvalue weighted by atomic mass is 19.1. The van der Waals surface area contributed by atoms with Crippen LogP contribution in [0.5, 0.6) is 0 Å². The first-order valence-electron chi connectivity index (χ1n) is 7.45. The topological polar surface area (TPSA) is 72.0 Å². The number of halogens is 1. The molecule has 0 saturated carbocycles. The van der Waals surface area contributed by atoms with Gasteiger partial charge in [0.25, 0.3) is 0 Å². The summed E-state index contributed by atoms with van der Waals surface area (Å²) in [5, 5.41) is 0. The lowest BCUT2D eigenvalue weighted by Gasteiger charge is -2.07. The number of H-pyrrole nitrogens is 1. The number of fused-ring (bicyclic) bond motifs is 1. The van der Waals surface area contributed by atoms with E-state index in [4.69, 9.17) is 4.42 Å². The fourth-order valence-electron chi connectivity index (χ4n) is 2.49. The number of nitrogens with zero attached hydrogens (tertiary/aromatic N) is 4. The summed E-state index contributed by atoms with van der Waals surface area (Å²) in [6.45, 7) is 0.962. The zero-order valence-electron chi connectivity index (χ0n) is 12.7. The second-order valence-corrected chi connectivity index (χ2v) is 5.32. The van der Waals surface area contributed by atoms with Gasteiger partial charge in [0.15, 0.2) is 11.1 Å². The molecule has 0 amide bonds. The Balaban J connectivity index is 1.69. The molecule has 1 N–H and O–H groups in total. The van der Waals surface area contributed by atoms with Crippen LogP contribution in [0.15, 0.2) is 64.7 Å². The van der Waals surface area contributed by atoms with Gasteiger partial charge in [0.1, 0.15) is 17.1 Å². The lowest BCUT2D eigenvalue weighted by Crippen LogP contribution is -2.15. The van der Waals surface area contributed by atoms with Crippen LogP contribution in [0.2, 0.25) is 0 Å². The number of hydrogen-bond acceptors (Lipinski definition) is 4. The van der Waals surface area contributed by atoms with Gasteiger partial charge in [0.2, 0.25) is 0 Å². The van der Waals surface area contributed by atoms with Crippen LogP contribution in [0.3, 0.4) is 0 Å². The number of nitrogens with one attached hydrogen (secondary N) is 1. The molecule has 3 heterocycles.